The number of halogens is 3. The van der Waals surface area contributed by atoms with Crippen LogP contribution in [0.25, 0.3) is 10.8 Å². The number of alkyl halides is 2. The van der Waals surface area contributed by atoms with E-state index in [1.54, 1.807) is 24.3 Å². The molecule has 200 valence electrons. The van der Waals surface area contributed by atoms with Gasteiger partial charge in [0.15, 0.2) is 0 Å². The standard InChI is InChI=1S/C15H24N2O.C14H12F3NO/c1-13(2)18-15-8-7-14(12-16-15)6-5-11-17-9-3-4-10-17;15-12-4-3-10-7-9(1-2-11(10)8-12)5-6-14(16,17)13(18)19/h7-8,12-13H,3-6,9-11H2,1-2H3;1-4,7-8H,5-6H2,(H2,18,19). The van der Waals surface area contributed by atoms with Crippen molar-refractivity contribution in [2.45, 2.75) is 64.4 Å². The molecule has 0 bridgehead atoms. The molecular weight excluding hydrogens is 479 g/mol. The van der Waals surface area contributed by atoms with Gasteiger partial charge in [-0.25, -0.2) is 9.37 Å². The Morgan fingerprint density at radius 2 is 1.70 bits per heavy atom. The van der Waals surface area contributed by atoms with Crippen LogP contribution in [0.4, 0.5) is 13.2 Å². The molecule has 0 radical (unpaired) electrons. The summed E-state index contributed by atoms with van der Waals surface area (Å²) in [6.45, 7) is 7.85. The molecule has 0 unspecified atom stereocenters. The number of amides is 1. The molecule has 1 saturated heterocycles. The molecular formula is C29H36F3N3O2. The molecule has 0 atom stereocenters. The van der Waals surface area contributed by atoms with Crippen molar-refractivity contribution in [2.75, 3.05) is 19.6 Å². The number of carbonyl (C=O) groups is 1. The van der Waals surface area contributed by atoms with Crippen molar-refractivity contribution < 1.29 is 22.7 Å². The highest BCUT2D eigenvalue weighted by molar-refractivity contribution is 5.83. The first-order valence-electron chi connectivity index (χ1n) is 12.8. The van der Waals surface area contributed by atoms with Gasteiger partial charge in [-0.15, -0.1) is 0 Å². The Labute approximate surface area is 216 Å². The number of primary amides is 1. The molecule has 1 amide bonds. The molecule has 3 aromatic rings. The number of hydrogen-bond donors (Lipinski definition) is 1. The van der Waals surface area contributed by atoms with Crippen LogP contribution in [0, 0.1) is 5.82 Å². The van der Waals surface area contributed by atoms with Crippen LogP contribution in [0.15, 0.2) is 54.7 Å². The second kappa shape index (κ2) is 13.4. The van der Waals surface area contributed by atoms with E-state index in [0.717, 1.165) is 17.7 Å². The molecule has 1 aromatic heterocycles. The predicted octanol–water partition coefficient (Wildman–Crippen LogP) is 5.93. The average molecular weight is 516 g/mol. The number of benzene rings is 2. The number of likely N-dealkylation sites (tertiary alicyclic amines) is 1. The Morgan fingerprint density at radius 1 is 1.03 bits per heavy atom. The Kier molecular flexibility index (Phi) is 10.3. The first kappa shape index (κ1) is 28.4. The molecule has 2 aromatic carbocycles. The normalized spacial score (nSPS) is 14.0. The molecule has 0 spiro atoms. The fraction of sp³-hybridized carbons (Fsp3) is 0.448. The van der Waals surface area contributed by atoms with Crippen molar-refractivity contribution in [1.82, 2.24) is 9.88 Å². The van der Waals surface area contributed by atoms with Crippen LogP contribution < -0.4 is 10.5 Å². The number of rotatable bonds is 10. The lowest BCUT2D eigenvalue weighted by Gasteiger charge is -2.14. The number of nitrogens with zero attached hydrogens (tertiary/aromatic N) is 2. The fourth-order valence-electron chi connectivity index (χ4n) is 4.23. The maximum Gasteiger partial charge on any atom is 0.324 e. The van der Waals surface area contributed by atoms with E-state index in [9.17, 15) is 18.0 Å². The molecule has 5 nitrogen and oxygen atoms in total. The van der Waals surface area contributed by atoms with Crippen molar-refractivity contribution in [3.63, 3.8) is 0 Å². The number of aromatic nitrogens is 1. The van der Waals surface area contributed by atoms with E-state index in [4.69, 9.17) is 4.74 Å². The summed E-state index contributed by atoms with van der Waals surface area (Å²) in [5, 5.41) is 1.46. The van der Waals surface area contributed by atoms with Gasteiger partial charge in [0, 0.05) is 18.7 Å². The molecule has 2 N–H and O–H groups in total. The van der Waals surface area contributed by atoms with Gasteiger partial charge < -0.3 is 15.4 Å². The third kappa shape index (κ3) is 9.35. The minimum Gasteiger partial charge on any atom is -0.475 e. The van der Waals surface area contributed by atoms with Gasteiger partial charge in [0.2, 0.25) is 5.88 Å². The zero-order valence-corrected chi connectivity index (χ0v) is 21.6. The summed E-state index contributed by atoms with van der Waals surface area (Å²) in [5.41, 5.74) is 6.57. The van der Waals surface area contributed by atoms with Crippen molar-refractivity contribution in [3.05, 3.63) is 71.7 Å². The smallest absolute Gasteiger partial charge is 0.324 e. The van der Waals surface area contributed by atoms with Gasteiger partial charge in [0.05, 0.1) is 6.10 Å². The van der Waals surface area contributed by atoms with E-state index in [1.807, 2.05) is 26.1 Å². The lowest BCUT2D eigenvalue weighted by Crippen LogP contribution is -2.35. The summed E-state index contributed by atoms with van der Waals surface area (Å²) in [6.07, 6.45) is 6.64. The highest BCUT2D eigenvalue weighted by atomic mass is 19.3. The summed E-state index contributed by atoms with van der Waals surface area (Å²) < 4.78 is 44.7. The van der Waals surface area contributed by atoms with E-state index in [2.05, 4.69) is 21.7 Å². The van der Waals surface area contributed by atoms with Crippen LogP contribution in [0.3, 0.4) is 0 Å². The maximum atomic E-state index is 13.1. The van der Waals surface area contributed by atoms with Gasteiger partial charge in [-0.05, 0) is 99.6 Å². The lowest BCUT2D eigenvalue weighted by atomic mass is 10.0. The zero-order valence-electron chi connectivity index (χ0n) is 21.6. The summed E-state index contributed by atoms with van der Waals surface area (Å²) >= 11 is 0. The summed E-state index contributed by atoms with van der Waals surface area (Å²) in [4.78, 5) is 17.4. The number of ether oxygens (including phenoxy) is 1. The molecule has 1 aliphatic heterocycles. The number of fused-ring (bicyclic) bond motifs is 1. The van der Waals surface area contributed by atoms with Crippen LogP contribution in [0.5, 0.6) is 5.88 Å². The van der Waals surface area contributed by atoms with Crippen molar-refractivity contribution in [1.29, 1.82) is 0 Å². The van der Waals surface area contributed by atoms with Gasteiger partial charge >= 0.3 is 5.92 Å². The third-order valence-electron chi connectivity index (χ3n) is 6.25. The lowest BCUT2D eigenvalue weighted by molar-refractivity contribution is -0.142. The van der Waals surface area contributed by atoms with Gasteiger partial charge in [0.25, 0.3) is 5.91 Å². The van der Waals surface area contributed by atoms with Gasteiger partial charge in [-0.1, -0.05) is 30.3 Å². The molecule has 0 saturated carbocycles. The Hall–Kier alpha value is -3.13. The van der Waals surface area contributed by atoms with Gasteiger partial charge in [-0.2, -0.15) is 8.78 Å². The molecule has 1 fully saturated rings. The van der Waals surface area contributed by atoms with Crippen LogP contribution in [0.1, 0.15) is 50.7 Å². The van der Waals surface area contributed by atoms with Crippen LogP contribution in [-0.4, -0.2) is 47.5 Å². The van der Waals surface area contributed by atoms with Crippen molar-refractivity contribution >= 4 is 16.7 Å². The minimum atomic E-state index is -3.50. The quantitative estimate of drug-likeness (QED) is 0.363. The third-order valence-corrected chi connectivity index (χ3v) is 6.25. The second-order valence-corrected chi connectivity index (χ2v) is 9.72. The summed E-state index contributed by atoms with van der Waals surface area (Å²) in [5.74, 6) is -4.73. The Morgan fingerprint density at radius 3 is 2.35 bits per heavy atom. The second-order valence-electron chi connectivity index (χ2n) is 9.72. The van der Waals surface area contributed by atoms with Gasteiger partial charge in [-0.3, -0.25) is 4.79 Å². The minimum absolute atomic E-state index is 0.0310. The molecule has 2 heterocycles. The highest BCUT2D eigenvalue weighted by Crippen LogP contribution is 2.23. The van der Waals surface area contributed by atoms with Crippen LogP contribution in [-0.2, 0) is 17.6 Å². The summed E-state index contributed by atoms with van der Waals surface area (Å²) in [7, 11) is 0. The maximum absolute atomic E-state index is 13.1. The zero-order chi connectivity index (χ0) is 26.8. The van der Waals surface area contributed by atoms with E-state index in [-0.39, 0.29) is 18.3 Å². The topological polar surface area (TPSA) is 68.4 Å². The molecule has 4 rings (SSSR count). The number of nitrogens with two attached hydrogens (primary N) is 1. The summed E-state index contributed by atoms with van der Waals surface area (Å²) in [6, 6.07) is 13.4. The first-order chi connectivity index (χ1) is 17.6. The molecule has 37 heavy (non-hydrogen) atoms. The number of pyridine rings is 1. The van der Waals surface area contributed by atoms with E-state index < -0.39 is 18.3 Å². The van der Waals surface area contributed by atoms with Gasteiger partial charge in [0.1, 0.15) is 5.82 Å². The van der Waals surface area contributed by atoms with E-state index >= 15 is 0 Å². The average Bonchev–Trinajstić information content (AvgIpc) is 3.37. The Bertz CT molecular complexity index is 1150. The van der Waals surface area contributed by atoms with Crippen LogP contribution >= 0.6 is 0 Å². The number of carbonyl (C=O) groups excluding carboxylic acids is 1. The predicted molar refractivity (Wildman–Crippen MR) is 140 cm³/mol. The van der Waals surface area contributed by atoms with Crippen molar-refractivity contribution in [3.8, 4) is 5.88 Å². The van der Waals surface area contributed by atoms with Crippen molar-refractivity contribution in [2.24, 2.45) is 5.73 Å². The first-order valence-corrected chi connectivity index (χ1v) is 12.8. The van der Waals surface area contributed by atoms with Crippen LogP contribution in [0.2, 0.25) is 0 Å². The molecule has 8 heteroatoms. The molecule has 1 aliphatic rings. The van der Waals surface area contributed by atoms with E-state index in [0.29, 0.717) is 10.9 Å². The Balaban J connectivity index is 0.000000206. The fourth-order valence-corrected chi connectivity index (χ4v) is 4.23. The largest absolute Gasteiger partial charge is 0.475 e. The SMILES string of the molecule is CC(C)Oc1ccc(CCCN2CCCC2)cn1.NC(=O)C(F)(F)CCc1ccc2cc(F)ccc2c1. The van der Waals surface area contributed by atoms with E-state index in [1.165, 1.54) is 56.6 Å². The number of hydrogen-bond acceptors (Lipinski definition) is 4. The monoisotopic (exact) mass is 515 g/mol. The number of aryl methyl sites for hydroxylation is 2. The highest BCUT2D eigenvalue weighted by Gasteiger charge is 2.35. The molecule has 0 aliphatic carbocycles.